The summed E-state index contributed by atoms with van der Waals surface area (Å²) < 4.78 is 4.83. The third-order valence-corrected chi connectivity index (χ3v) is 3.98. The molecule has 1 fully saturated rings. The number of benzene rings is 1. The number of hydrogen-bond acceptors (Lipinski definition) is 5. The molecule has 21 heavy (non-hydrogen) atoms. The van der Waals surface area contributed by atoms with Gasteiger partial charge in [-0.25, -0.2) is 4.79 Å². The first-order valence-corrected chi connectivity index (χ1v) is 7.61. The summed E-state index contributed by atoms with van der Waals surface area (Å²) in [6.45, 7) is 5.54. The monoisotopic (exact) mass is 291 g/mol. The van der Waals surface area contributed by atoms with Crippen LogP contribution < -0.4 is 11.1 Å². The lowest BCUT2D eigenvalue weighted by Crippen LogP contribution is -2.39. The molecule has 5 nitrogen and oxygen atoms in total. The van der Waals surface area contributed by atoms with E-state index in [2.05, 4.69) is 17.1 Å². The smallest absolute Gasteiger partial charge is 0.340 e. The third-order valence-electron chi connectivity index (χ3n) is 3.98. The Balaban J connectivity index is 2.05. The zero-order valence-corrected chi connectivity index (χ0v) is 12.9. The first-order chi connectivity index (χ1) is 10.2. The van der Waals surface area contributed by atoms with Crippen LogP contribution in [0.5, 0.6) is 0 Å². The summed E-state index contributed by atoms with van der Waals surface area (Å²) in [5.74, 6) is -0.354. The van der Waals surface area contributed by atoms with Crippen molar-refractivity contribution in [1.82, 2.24) is 4.90 Å². The summed E-state index contributed by atoms with van der Waals surface area (Å²) >= 11 is 0. The number of nitrogens with two attached hydrogens (primary N) is 1. The van der Waals surface area contributed by atoms with Crippen LogP contribution in [0.1, 0.15) is 36.5 Å². The Morgan fingerprint density at radius 3 is 2.76 bits per heavy atom. The lowest BCUT2D eigenvalue weighted by atomic mass is 10.0. The fourth-order valence-corrected chi connectivity index (χ4v) is 2.83. The number of nitrogens with one attached hydrogen (secondary N) is 1. The molecule has 0 bridgehead atoms. The van der Waals surface area contributed by atoms with Gasteiger partial charge in [0.25, 0.3) is 0 Å². The Bertz CT molecular complexity index is 482. The van der Waals surface area contributed by atoms with Crippen LogP contribution in [0.25, 0.3) is 0 Å². The Hall–Kier alpha value is -1.75. The summed E-state index contributed by atoms with van der Waals surface area (Å²) in [4.78, 5) is 14.3. The van der Waals surface area contributed by atoms with Crippen molar-refractivity contribution in [1.29, 1.82) is 0 Å². The molecule has 1 aromatic rings. The molecule has 3 N–H and O–H groups in total. The van der Waals surface area contributed by atoms with E-state index in [0.29, 0.717) is 23.0 Å². The minimum atomic E-state index is -0.354. The second kappa shape index (κ2) is 7.31. The lowest BCUT2D eigenvalue weighted by Gasteiger charge is -2.33. The van der Waals surface area contributed by atoms with E-state index < -0.39 is 0 Å². The van der Waals surface area contributed by atoms with Gasteiger partial charge in [0, 0.05) is 19.1 Å². The SMILES string of the molecule is CCCN1CCC(Nc2c(N)cccc2C(=O)OC)CC1. The molecular weight excluding hydrogens is 266 g/mol. The third kappa shape index (κ3) is 3.88. The first kappa shape index (κ1) is 15.6. The average Bonchev–Trinajstić information content (AvgIpc) is 2.50. The van der Waals surface area contributed by atoms with Crippen LogP contribution >= 0.6 is 0 Å². The number of likely N-dealkylation sites (tertiary alicyclic amines) is 1. The Morgan fingerprint density at radius 2 is 2.14 bits per heavy atom. The quantitative estimate of drug-likeness (QED) is 0.644. The van der Waals surface area contributed by atoms with Gasteiger partial charge in [0.15, 0.2) is 0 Å². The van der Waals surface area contributed by atoms with Gasteiger partial charge in [0.1, 0.15) is 0 Å². The molecule has 0 radical (unpaired) electrons. The van der Waals surface area contributed by atoms with Crippen molar-refractivity contribution in [3.05, 3.63) is 23.8 Å². The minimum Gasteiger partial charge on any atom is -0.465 e. The molecule has 0 aromatic heterocycles. The first-order valence-electron chi connectivity index (χ1n) is 7.61. The van der Waals surface area contributed by atoms with Crippen LogP contribution in [0.4, 0.5) is 11.4 Å². The van der Waals surface area contributed by atoms with Crippen molar-refractivity contribution in [2.45, 2.75) is 32.2 Å². The zero-order chi connectivity index (χ0) is 15.2. The maximum absolute atomic E-state index is 11.8. The number of rotatable bonds is 5. The Kier molecular flexibility index (Phi) is 5.44. The van der Waals surface area contributed by atoms with E-state index in [1.165, 1.54) is 13.5 Å². The largest absolute Gasteiger partial charge is 0.465 e. The summed E-state index contributed by atoms with van der Waals surface area (Å²) in [7, 11) is 1.39. The van der Waals surface area contributed by atoms with E-state index in [4.69, 9.17) is 10.5 Å². The number of nitrogens with zero attached hydrogens (tertiary/aromatic N) is 1. The summed E-state index contributed by atoms with van der Waals surface area (Å²) in [6.07, 6.45) is 3.32. The molecule has 0 saturated carbocycles. The predicted molar refractivity (Wildman–Crippen MR) is 85.6 cm³/mol. The molecule has 1 saturated heterocycles. The molecule has 116 valence electrons. The Labute approximate surface area is 126 Å². The molecule has 2 rings (SSSR count). The molecule has 5 heteroatoms. The van der Waals surface area contributed by atoms with Gasteiger partial charge in [-0.05, 0) is 37.9 Å². The van der Waals surface area contributed by atoms with E-state index in [-0.39, 0.29) is 5.97 Å². The number of carbonyl (C=O) groups excluding carboxylic acids is 1. The van der Waals surface area contributed by atoms with Crippen LogP contribution in [0.15, 0.2) is 18.2 Å². The molecule has 0 aliphatic carbocycles. The van der Waals surface area contributed by atoms with Gasteiger partial charge in [0.05, 0.1) is 24.0 Å². The molecule has 0 amide bonds. The average molecular weight is 291 g/mol. The highest BCUT2D eigenvalue weighted by Gasteiger charge is 2.21. The number of anilines is 2. The van der Waals surface area contributed by atoms with Crippen LogP contribution in [0.2, 0.25) is 0 Å². The summed E-state index contributed by atoms with van der Waals surface area (Å²) in [6, 6.07) is 5.68. The number of hydrogen-bond donors (Lipinski definition) is 2. The van der Waals surface area contributed by atoms with E-state index in [0.717, 1.165) is 32.5 Å². The van der Waals surface area contributed by atoms with Crippen molar-refractivity contribution in [3.8, 4) is 0 Å². The van der Waals surface area contributed by atoms with Gasteiger partial charge in [0.2, 0.25) is 0 Å². The number of esters is 1. The number of para-hydroxylation sites is 1. The molecule has 0 unspecified atom stereocenters. The molecule has 0 atom stereocenters. The maximum Gasteiger partial charge on any atom is 0.340 e. The second-order valence-electron chi connectivity index (χ2n) is 5.52. The number of methoxy groups -OCH3 is 1. The fraction of sp³-hybridized carbons (Fsp3) is 0.562. The van der Waals surface area contributed by atoms with E-state index in [1.54, 1.807) is 18.2 Å². The molecular formula is C16H25N3O2. The number of nitrogen functional groups attached to an aromatic ring is 1. The summed E-state index contributed by atoms with van der Waals surface area (Å²) in [5.41, 5.74) is 7.83. The molecule has 1 aromatic carbocycles. The predicted octanol–water partition coefficient (Wildman–Crippen LogP) is 2.34. The van der Waals surface area contributed by atoms with Gasteiger partial charge in [-0.1, -0.05) is 13.0 Å². The highest BCUT2D eigenvalue weighted by atomic mass is 16.5. The minimum absolute atomic E-state index is 0.353. The zero-order valence-electron chi connectivity index (χ0n) is 12.9. The highest BCUT2D eigenvalue weighted by molar-refractivity contribution is 5.98. The molecule has 1 heterocycles. The van der Waals surface area contributed by atoms with E-state index >= 15 is 0 Å². The number of carbonyl (C=O) groups is 1. The fourth-order valence-electron chi connectivity index (χ4n) is 2.83. The van der Waals surface area contributed by atoms with Crippen LogP contribution in [-0.2, 0) is 4.74 Å². The normalized spacial score (nSPS) is 16.7. The van der Waals surface area contributed by atoms with Crippen molar-refractivity contribution in [2.24, 2.45) is 0 Å². The van der Waals surface area contributed by atoms with Gasteiger partial charge in [-0.3, -0.25) is 0 Å². The van der Waals surface area contributed by atoms with E-state index in [9.17, 15) is 4.79 Å². The van der Waals surface area contributed by atoms with Gasteiger partial charge < -0.3 is 20.7 Å². The van der Waals surface area contributed by atoms with Crippen molar-refractivity contribution < 1.29 is 9.53 Å². The van der Waals surface area contributed by atoms with Gasteiger partial charge in [-0.15, -0.1) is 0 Å². The number of piperidine rings is 1. The maximum atomic E-state index is 11.8. The molecule has 0 spiro atoms. The topological polar surface area (TPSA) is 67.6 Å². The van der Waals surface area contributed by atoms with Gasteiger partial charge >= 0.3 is 5.97 Å². The molecule has 1 aliphatic rings. The van der Waals surface area contributed by atoms with Gasteiger partial charge in [-0.2, -0.15) is 0 Å². The van der Waals surface area contributed by atoms with Crippen LogP contribution in [-0.4, -0.2) is 43.7 Å². The number of ether oxygens (including phenoxy) is 1. The van der Waals surface area contributed by atoms with Crippen molar-refractivity contribution in [2.75, 3.05) is 37.8 Å². The molecule has 1 aliphatic heterocycles. The standard InChI is InChI=1S/C16H25N3O2/c1-3-9-19-10-7-12(8-11-19)18-15-13(16(20)21-2)5-4-6-14(15)17/h4-6,12,18H,3,7-11,17H2,1-2H3. The van der Waals surface area contributed by atoms with Crippen molar-refractivity contribution in [3.63, 3.8) is 0 Å². The van der Waals surface area contributed by atoms with E-state index in [1.807, 2.05) is 0 Å². The van der Waals surface area contributed by atoms with Crippen LogP contribution in [0, 0.1) is 0 Å². The van der Waals surface area contributed by atoms with Crippen LogP contribution in [0.3, 0.4) is 0 Å². The lowest BCUT2D eigenvalue weighted by molar-refractivity contribution is 0.0602. The second-order valence-corrected chi connectivity index (χ2v) is 5.52. The summed E-state index contributed by atoms with van der Waals surface area (Å²) in [5, 5.41) is 3.44. The highest BCUT2D eigenvalue weighted by Crippen LogP contribution is 2.27. The van der Waals surface area contributed by atoms with Crippen molar-refractivity contribution >= 4 is 17.3 Å². The Morgan fingerprint density at radius 1 is 1.43 bits per heavy atom.